The van der Waals surface area contributed by atoms with E-state index in [1.54, 1.807) is 12.1 Å². The van der Waals surface area contributed by atoms with Crippen LogP contribution in [0.4, 0.5) is 16.2 Å². The predicted octanol–water partition coefficient (Wildman–Crippen LogP) is 5.04. The summed E-state index contributed by atoms with van der Waals surface area (Å²) in [7, 11) is 0. The highest BCUT2D eigenvalue weighted by atomic mass is 19.1. The van der Waals surface area contributed by atoms with E-state index >= 15 is 0 Å². The molecular weight excluding hydrogens is 351 g/mol. The fourth-order valence-corrected chi connectivity index (χ4v) is 3.04. The number of halogens is 1. The van der Waals surface area contributed by atoms with Crippen molar-refractivity contribution in [3.63, 3.8) is 0 Å². The van der Waals surface area contributed by atoms with Crippen LogP contribution < -0.4 is 10.6 Å². The van der Waals surface area contributed by atoms with E-state index in [2.05, 4.69) is 32.7 Å². The second-order valence-corrected chi connectivity index (χ2v) is 6.56. The number of hydrogen-bond donors (Lipinski definition) is 2. The van der Waals surface area contributed by atoms with Gasteiger partial charge in [0.25, 0.3) is 0 Å². The number of anilines is 2. The molecule has 1 heterocycles. The first-order chi connectivity index (χ1) is 13.8. The Bertz CT molecular complexity index is 1050. The normalized spacial score (nSPS) is 10.8. The van der Waals surface area contributed by atoms with Gasteiger partial charge in [-0.15, -0.1) is 0 Å². The Kier molecular flexibility index (Phi) is 5.43. The average Bonchev–Trinajstić information content (AvgIpc) is 2.74. The molecule has 5 heteroatoms. The second kappa shape index (κ2) is 8.48. The molecule has 140 valence electrons. The molecule has 0 unspecified atom stereocenters. The molecule has 2 N–H and O–H groups in total. The first-order valence-corrected chi connectivity index (χ1v) is 9.31. The summed E-state index contributed by atoms with van der Waals surface area (Å²) in [5, 5.41) is 7.63. The molecule has 0 atom stereocenters. The van der Waals surface area contributed by atoms with Crippen LogP contribution in [0.5, 0.6) is 0 Å². The van der Waals surface area contributed by atoms with E-state index in [1.165, 1.54) is 17.7 Å². The molecule has 0 aliphatic heterocycles. The number of aromatic nitrogens is 2. The standard InChI is InChI=1S/C23H21FN4/c24-19-12-10-18(11-13-19)16-26-22-20-8-4-5-9-21(20)27-23(28-22)25-15-14-17-6-2-1-3-7-17/h1-13H,14-16H2,(H2,25,26,27,28). The van der Waals surface area contributed by atoms with Gasteiger partial charge in [0.05, 0.1) is 5.52 Å². The van der Waals surface area contributed by atoms with Crippen LogP contribution in [0.15, 0.2) is 78.9 Å². The van der Waals surface area contributed by atoms with Crippen LogP contribution in [0.2, 0.25) is 0 Å². The minimum Gasteiger partial charge on any atom is -0.365 e. The number of nitrogens with zero attached hydrogens (tertiary/aromatic N) is 2. The van der Waals surface area contributed by atoms with Crippen LogP contribution in [-0.2, 0) is 13.0 Å². The van der Waals surface area contributed by atoms with Crippen LogP contribution in [0.3, 0.4) is 0 Å². The van der Waals surface area contributed by atoms with Crippen LogP contribution in [0.1, 0.15) is 11.1 Å². The summed E-state index contributed by atoms with van der Waals surface area (Å²) in [6, 6.07) is 24.7. The number of rotatable bonds is 7. The van der Waals surface area contributed by atoms with Gasteiger partial charge in [-0.3, -0.25) is 0 Å². The van der Waals surface area contributed by atoms with E-state index in [1.807, 2.05) is 42.5 Å². The first-order valence-electron chi connectivity index (χ1n) is 9.31. The maximum atomic E-state index is 13.1. The van der Waals surface area contributed by atoms with Gasteiger partial charge in [-0.25, -0.2) is 9.37 Å². The smallest absolute Gasteiger partial charge is 0.225 e. The minimum atomic E-state index is -0.235. The predicted molar refractivity (Wildman–Crippen MR) is 112 cm³/mol. The zero-order chi connectivity index (χ0) is 19.2. The molecule has 0 saturated heterocycles. The van der Waals surface area contributed by atoms with E-state index < -0.39 is 0 Å². The van der Waals surface area contributed by atoms with Crippen LogP contribution in [0, 0.1) is 5.82 Å². The molecular formula is C23H21FN4. The van der Waals surface area contributed by atoms with Gasteiger partial charge in [0.15, 0.2) is 0 Å². The van der Waals surface area contributed by atoms with Gasteiger partial charge in [-0.05, 0) is 41.8 Å². The van der Waals surface area contributed by atoms with Gasteiger partial charge >= 0.3 is 0 Å². The summed E-state index contributed by atoms with van der Waals surface area (Å²) >= 11 is 0. The molecule has 0 amide bonds. The maximum Gasteiger partial charge on any atom is 0.225 e. The number of benzene rings is 3. The number of para-hydroxylation sites is 1. The third-order valence-corrected chi connectivity index (χ3v) is 4.52. The fourth-order valence-electron chi connectivity index (χ4n) is 3.04. The number of nitrogens with one attached hydrogen (secondary N) is 2. The highest BCUT2D eigenvalue weighted by molar-refractivity contribution is 5.90. The molecule has 28 heavy (non-hydrogen) atoms. The Hall–Kier alpha value is -3.47. The molecule has 4 aromatic rings. The van der Waals surface area contributed by atoms with Gasteiger partial charge in [-0.1, -0.05) is 54.6 Å². The molecule has 4 nitrogen and oxygen atoms in total. The SMILES string of the molecule is Fc1ccc(CNc2nc(NCCc3ccccc3)nc3ccccc23)cc1. The lowest BCUT2D eigenvalue weighted by Gasteiger charge is -2.12. The van der Waals surface area contributed by atoms with E-state index in [0.29, 0.717) is 12.5 Å². The van der Waals surface area contributed by atoms with Crippen molar-refractivity contribution in [3.05, 3.63) is 95.8 Å². The summed E-state index contributed by atoms with van der Waals surface area (Å²) in [6.07, 6.45) is 0.898. The van der Waals surface area contributed by atoms with Gasteiger partial charge in [0, 0.05) is 18.5 Å². The lowest BCUT2D eigenvalue weighted by Crippen LogP contribution is -2.10. The van der Waals surface area contributed by atoms with Gasteiger partial charge in [0.1, 0.15) is 11.6 Å². The molecule has 0 aliphatic carbocycles. The van der Waals surface area contributed by atoms with E-state index in [9.17, 15) is 4.39 Å². The van der Waals surface area contributed by atoms with Crippen molar-refractivity contribution in [2.45, 2.75) is 13.0 Å². The Morgan fingerprint density at radius 3 is 2.29 bits per heavy atom. The Balaban J connectivity index is 1.50. The molecule has 0 spiro atoms. The minimum absolute atomic E-state index is 0.235. The van der Waals surface area contributed by atoms with Gasteiger partial charge in [0.2, 0.25) is 5.95 Å². The van der Waals surface area contributed by atoms with Crippen molar-refractivity contribution in [1.82, 2.24) is 9.97 Å². The monoisotopic (exact) mass is 372 g/mol. The Morgan fingerprint density at radius 2 is 1.46 bits per heavy atom. The summed E-state index contributed by atoms with van der Waals surface area (Å²) < 4.78 is 13.1. The molecule has 4 rings (SSSR count). The van der Waals surface area contributed by atoms with Crippen molar-refractivity contribution < 1.29 is 4.39 Å². The van der Waals surface area contributed by atoms with E-state index in [4.69, 9.17) is 0 Å². The summed E-state index contributed by atoms with van der Waals surface area (Å²) in [4.78, 5) is 9.28. The average molecular weight is 372 g/mol. The molecule has 0 aliphatic rings. The van der Waals surface area contributed by atoms with Crippen molar-refractivity contribution in [2.75, 3.05) is 17.2 Å². The zero-order valence-electron chi connectivity index (χ0n) is 15.4. The van der Waals surface area contributed by atoms with Crippen molar-refractivity contribution >= 4 is 22.7 Å². The van der Waals surface area contributed by atoms with Gasteiger partial charge < -0.3 is 10.6 Å². The lowest BCUT2D eigenvalue weighted by atomic mass is 10.1. The molecule has 3 aromatic carbocycles. The summed E-state index contributed by atoms with van der Waals surface area (Å²) in [6.45, 7) is 1.31. The topological polar surface area (TPSA) is 49.8 Å². The third kappa shape index (κ3) is 4.43. The molecule has 0 saturated carbocycles. The van der Waals surface area contributed by atoms with Crippen LogP contribution in [-0.4, -0.2) is 16.5 Å². The largest absolute Gasteiger partial charge is 0.365 e. The molecule has 0 bridgehead atoms. The summed E-state index contributed by atoms with van der Waals surface area (Å²) in [5.41, 5.74) is 3.13. The van der Waals surface area contributed by atoms with Crippen molar-refractivity contribution in [3.8, 4) is 0 Å². The maximum absolute atomic E-state index is 13.1. The molecule has 1 aromatic heterocycles. The molecule has 0 fully saturated rings. The third-order valence-electron chi connectivity index (χ3n) is 4.52. The highest BCUT2D eigenvalue weighted by Gasteiger charge is 2.07. The quantitative estimate of drug-likeness (QED) is 0.477. The van der Waals surface area contributed by atoms with E-state index in [0.717, 1.165) is 35.2 Å². The summed E-state index contributed by atoms with van der Waals surface area (Å²) in [5.74, 6) is 1.12. The second-order valence-electron chi connectivity index (χ2n) is 6.56. The Labute approximate surface area is 163 Å². The van der Waals surface area contributed by atoms with Crippen molar-refractivity contribution in [2.24, 2.45) is 0 Å². The van der Waals surface area contributed by atoms with Crippen LogP contribution >= 0.6 is 0 Å². The number of fused-ring (bicyclic) bond motifs is 1. The highest BCUT2D eigenvalue weighted by Crippen LogP contribution is 2.22. The number of hydrogen-bond acceptors (Lipinski definition) is 4. The first kappa shape index (κ1) is 17.9. The van der Waals surface area contributed by atoms with Crippen LogP contribution in [0.25, 0.3) is 10.9 Å². The Morgan fingerprint density at radius 1 is 0.714 bits per heavy atom. The van der Waals surface area contributed by atoms with E-state index in [-0.39, 0.29) is 5.82 Å². The zero-order valence-corrected chi connectivity index (χ0v) is 15.4. The van der Waals surface area contributed by atoms with Crippen molar-refractivity contribution in [1.29, 1.82) is 0 Å². The lowest BCUT2D eigenvalue weighted by molar-refractivity contribution is 0.627. The fraction of sp³-hybridized carbons (Fsp3) is 0.130. The molecule has 0 radical (unpaired) electrons. The van der Waals surface area contributed by atoms with Gasteiger partial charge in [-0.2, -0.15) is 4.98 Å².